The van der Waals surface area contributed by atoms with E-state index in [9.17, 15) is 4.57 Å². The highest BCUT2D eigenvalue weighted by atomic mass is 31.2. The Morgan fingerprint density at radius 2 is 1.41 bits per heavy atom. The van der Waals surface area contributed by atoms with Crippen LogP contribution in [-0.4, -0.2) is 22.5 Å². The van der Waals surface area contributed by atoms with Gasteiger partial charge in [0.1, 0.15) is 5.75 Å². The van der Waals surface area contributed by atoms with Crippen molar-refractivity contribution in [2.24, 2.45) is 0 Å². The first-order valence-electron chi connectivity index (χ1n) is 22.7. The summed E-state index contributed by atoms with van der Waals surface area (Å²) >= 11 is 0. The van der Waals surface area contributed by atoms with Crippen molar-refractivity contribution in [2.75, 3.05) is 12.7 Å². The molecule has 0 heterocycles. The molecule has 0 aliphatic heterocycles. The fourth-order valence-electron chi connectivity index (χ4n) is 1.79. The molecule has 0 atom stereocenters. The van der Waals surface area contributed by atoms with Crippen LogP contribution in [0.2, 0.25) is 0 Å². The van der Waals surface area contributed by atoms with Gasteiger partial charge in [0.05, 0.1) is 9.30 Å². The molecule has 0 radical (unpaired) electrons. The minimum Gasteiger partial charge on any atom is -0.494 e. The lowest BCUT2D eigenvalue weighted by atomic mass is 10.1. The van der Waals surface area contributed by atoms with E-state index in [4.69, 9.17) is 54.3 Å². The Bertz CT molecular complexity index is 1640. The minimum absolute atomic E-state index is 0.131. The van der Waals surface area contributed by atoms with E-state index in [1.54, 1.807) is 0 Å². The lowest BCUT2D eigenvalue weighted by Crippen LogP contribution is -1.97. The Hall–Kier alpha value is -0.830. The van der Waals surface area contributed by atoms with Gasteiger partial charge in [-0.15, -0.1) is 0 Å². The van der Waals surface area contributed by atoms with E-state index < -0.39 is 109 Å². The Labute approximate surface area is 219 Å². The largest absolute Gasteiger partial charge is 0.494 e. The summed E-state index contributed by atoms with van der Waals surface area (Å²) in [4.78, 5) is 17.9. The molecule has 0 bridgehead atoms. The third-order valence-corrected chi connectivity index (χ3v) is 3.89. The molecule has 0 aromatic heterocycles. The van der Waals surface area contributed by atoms with Gasteiger partial charge in [0.2, 0.25) is 0 Å². The van der Waals surface area contributed by atoms with Gasteiger partial charge in [-0.2, -0.15) is 0 Å². The number of rotatable bonds is 19. The zero-order chi connectivity index (χ0) is 47.0. The van der Waals surface area contributed by atoms with Crippen LogP contribution in [0.3, 0.4) is 0 Å². The second-order valence-electron chi connectivity index (χ2n) is 5.19. The Morgan fingerprint density at radius 3 is 1.97 bits per heavy atom. The van der Waals surface area contributed by atoms with Crippen molar-refractivity contribution in [3.8, 4) is 5.75 Å². The zero-order valence-electron chi connectivity index (χ0n) is 44.3. The molecule has 0 unspecified atom stereocenters. The van der Waals surface area contributed by atoms with E-state index in [1.165, 1.54) is 12.1 Å². The summed E-state index contributed by atoms with van der Waals surface area (Å²) < 4.78 is 250. The Kier molecular flexibility index (Phi) is 3.71. The van der Waals surface area contributed by atoms with Gasteiger partial charge in [-0.05, 0) is 43.3 Å². The summed E-state index contributed by atoms with van der Waals surface area (Å²) in [6.45, 7) is -8.10. The molecule has 0 spiro atoms. The molecule has 4 nitrogen and oxygen atoms in total. The van der Waals surface area contributed by atoms with Crippen molar-refractivity contribution in [3.63, 3.8) is 0 Å². The zero-order valence-corrected chi connectivity index (χ0v) is 16.2. The van der Waals surface area contributed by atoms with Crippen molar-refractivity contribution >= 4 is 7.60 Å². The van der Waals surface area contributed by atoms with Gasteiger partial charge in [0, 0.05) is 43.2 Å². The minimum atomic E-state index is -5.05. The Morgan fingerprint density at radius 1 is 0.862 bits per heavy atom. The fraction of sp³-hybridized carbons (Fsp3) is 0.750. The molecule has 0 saturated heterocycles. The van der Waals surface area contributed by atoms with Crippen LogP contribution >= 0.6 is 7.60 Å². The van der Waals surface area contributed by atoms with Crippen molar-refractivity contribution in [1.82, 2.24) is 0 Å². The first kappa shape index (κ1) is 6.36. The standard InChI is InChI=1S/C24H43O4P/c1-2-3-4-5-6-7-8-9-10-11-12-14-21-28-24-19-17-23(18-20-24)16-13-15-22-29(25,26)27/h17-20H,2-16,21-22H2,1H3,(H2,25,26,27)/i1D3,2D2,3D2,4D2,5D2,6D2,7D2,8D2,9D2,10D2,11D2,12D2,14D2,21D2. The van der Waals surface area contributed by atoms with Crippen molar-refractivity contribution < 1.29 is 58.8 Å². The molecule has 0 aliphatic rings. The van der Waals surface area contributed by atoms with Crippen LogP contribution in [0.4, 0.5) is 0 Å². The molecule has 168 valence electrons. The van der Waals surface area contributed by atoms with E-state index in [-0.39, 0.29) is 12.8 Å². The number of ether oxygens (including phenoxy) is 1. The summed E-state index contributed by atoms with van der Waals surface area (Å²) in [6, 6.07) is 4.70. The molecule has 5 heteroatoms. The summed E-state index contributed by atoms with van der Waals surface area (Å²) in [5, 5.41) is 0. The lowest BCUT2D eigenvalue weighted by Gasteiger charge is -2.08. The van der Waals surface area contributed by atoms with Crippen molar-refractivity contribution in [1.29, 1.82) is 0 Å². The average Bonchev–Trinajstić information content (AvgIpc) is 3.01. The average molecular weight is 456 g/mol. The molecule has 0 fully saturated rings. The Balaban J connectivity index is 3.72. The van der Waals surface area contributed by atoms with Crippen LogP contribution in [0, 0.1) is 0 Å². The number of hydrogen-bond acceptors (Lipinski definition) is 2. The number of aryl methyl sites for hydroxylation is 1. The predicted molar refractivity (Wildman–Crippen MR) is 123 cm³/mol. The molecule has 0 amide bonds. The first-order valence-corrected chi connectivity index (χ1v) is 10.0. The highest BCUT2D eigenvalue weighted by Gasteiger charge is 2.11. The monoisotopic (exact) mass is 455 g/mol. The predicted octanol–water partition coefficient (Wildman–Crippen LogP) is 7.27. The molecule has 1 aromatic rings. The third kappa shape index (κ3) is 16.6. The van der Waals surface area contributed by atoms with Crippen molar-refractivity contribution in [2.45, 2.75) is 103 Å². The van der Waals surface area contributed by atoms with Gasteiger partial charge < -0.3 is 14.5 Å². The van der Waals surface area contributed by atoms with E-state index in [0.29, 0.717) is 12.0 Å². The quantitative estimate of drug-likeness (QED) is 0.170. The van der Waals surface area contributed by atoms with Gasteiger partial charge in [0.25, 0.3) is 0 Å². The van der Waals surface area contributed by atoms with Gasteiger partial charge in [0.15, 0.2) is 0 Å². The van der Waals surface area contributed by atoms with Gasteiger partial charge in [-0.1, -0.05) is 89.1 Å². The molecular formula is C24H43O4P. The van der Waals surface area contributed by atoms with E-state index in [0.717, 1.165) is 12.1 Å². The molecule has 0 saturated carbocycles. The van der Waals surface area contributed by atoms with Crippen LogP contribution in [0.1, 0.15) is 141 Å². The topological polar surface area (TPSA) is 66.8 Å². The summed E-state index contributed by atoms with van der Waals surface area (Å²) in [6.07, 6.45) is -57.4. The maximum absolute atomic E-state index is 11.0. The number of hydrogen-bond donors (Lipinski definition) is 2. The van der Waals surface area contributed by atoms with Gasteiger partial charge >= 0.3 is 7.60 Å². The summed E-state index contributed by atoms with van der Waals surface area (Å²) in [7, 11) is -4.24. The van der Waals surface area contributed by atoms with Gasteiger partial charge in [-0.25, -0.2) is 0 Å². The third-order valence-electron chi connectivity index (χ3n) is 3.00. The highest BCUT2D eigenvalue weighted by molar-refractivity contribution is 7.51. The normalized spacial score (nSPS) is 33.4. The number of unbranched alkanes of at least 4 members (excludes halogenated alkanes) is 1. The summed E-state index contributed by atoms with van der Waals surface area (Å²) in [5.41, 5.74) is 0.515. The van der Waals surface area contributed by atoms with Gasteiger partial charge in [-0.3, -0.25) is 4.57 Å². The fourth-order valence-corrected chi connectivity index (χ4v) is 2.43. The van der Waals surface area contributed by atoms with Crippen LogP contribution in [0.15, 0.2) is 24.3 Å². The van der Waals surface area contributed by atoms with Crippen LogP contribution in [0.25, 0.3) is 0 Å². The molecular weight excluding hydrogens is 383 g/mol. The van der Waals surface area contributed by atoms with Crippen molar-refractivity contribution in [3.05, 3.63) is 29.8 Å². The second-order valence-corrected chi connectivity index (χ2v) is 6.97. The molecule has 2 N–H and O–H groups in total. The smallest absolute Gasteiger partial charge is 0.325 e. The second kappa shape index (κ2) is 16.9. The van der Waals surface area contributed by atoms with E-state index in [1.807, 2.05) is 0 Å². The van der Waals surface area contributed by atoms with Crippen LogP contribution in [-0.2, 0) is 11.0 Å². The SMILES string of the molecule is [2H]C([2H])([2H])C([2H])([2H])C([2H])([2H])C([2H])([2H])C([2H])([2H])C([2H])([2H])C([2H])([2H])C([2H])([2H])C([2H])([2H])C([2H])([2H])C([2H])([2H])C([2H])([2H])C([2H])([2H])C([2H])([2H])Oc1ccc(CCCCP(=O)(O)O)cc1. The highest BCUT2D eigenvalue weighted by Crippen LogP contribution is 2.35. The maximum atomic E-state index is 11.0. The van der Waals surface area contributed by atoms with E-state index >= 15 is 0 Å². The summed E-state index contributed by atoms with van der Waals surface area (Å²) in [5.74, 6) is -0.528. The molecule has 29 heavy (non-hydrogen) atoms. The van der Waals surface area contributed by atoms with Crippen LogP contribution < -0.4 is 4.74 Å². The number of benzene rings is 1. The molecule has 1 rings (SSSR count). The first-order chi connectivity index (χ1) is 24.9. The molecule has 1 aromatic carbocycles. The van der Waals surface area contributed by atoms with E-state index in [2.05, 4.69) is 0 Å². The maximum Gasteiger partial charge on any atom is 0.325 e. The molecule has 0 aliphatic carbocycles. The lowest BCUT2D eigenvalue weighted by molar-refractivity contribution is 0.304. The van der Waals surface area contributed by atoms with Crippen LogP contribution in [0.5, 0.6) is 5.75 Å².